The van der Waals surface area contributed by atoms with Crippen LogP contribution in [-0.4, -0.2) is 31.2 Å². The predicted octanol–water partition coefficient (Wildman–Crippen LogP) is 6.27. The molecule has 0 bridgehead atoms. The van der Waals surface area contributed by atoms with Gasteiger partial charge in [-0.1, -0.05) is 53.7 Å². The van der Waals surface area contributed by atoms with E-state index in [1.54, 1.807) is 11.3 Å². The number of aromatic nitrogens is 4. The minimum atomic E-state index is -0.103. The van der Waals surface area contributed by atoms with Crippen LogP contribution in [0.4, 0.5) is 5.69 Å². The highest BCUT2D eigenvalue weighted by atomic mass is 35.5. The summed E-state index contributed by atoms with van der Waals surface area (Å²) in [7, 11) is 0. The zero-order valence-corrected chi connectivity index (χ0v) is 20.5. The quantitative estimate of drug-likeness (QED) is 0.285. The van der Waals surface area contributed by atoms with E-state index in [9.17, 15) is 4.79 Å². The molecule has 3 heterocycles. The van der Waals surface area contributed by atoms with Gasteiger partial charge in [0.05, 0.1) is 16.2 Å². The van der Waals surface area contributed by atoms with Gasteiger partial charge in [0.1, 0.15) is 4.83 Å². The topological polar surface area (TPSA) is 72.2 Å². The molecule has 1 aliphatic carbocycles. The Kier molecular flexibility index (Phi) is 5.72. The fraction of sp³-hybridized carbons (Fsp3) is 0.200. The summed E-state index contributed by atoms with van der Waals surface area (Å²) < 4.78 is 1.96. The number of nitrogens with one attached hydrogen (secondary N) is 1. The van der Waals surface area contributed by atoms with Gasteiger partial charge in [-0.05, 0) is 55.5 Å². The third-order valence-electron chi connectivity index (χ3n) is 5.93. The number of fused-ring (bicyclic) bond motifs is 5. The molecule has 6 nitrogen and oxygen atoms in total. The molecule has 1 N–H and O–H groups in total. The van der Waals surface area contributed by atoms with E-state index in [1.165, 1.54) is 35.0 Å². The number of thioether (sulfide) groups is 1. The molecule has 1 aliphatic rings. The average Bonchev–Trinajstić information content (AvgIpc) is 3.44. The van der Waals surface area contributed by atoms with Crippen LogP contribution in [0.2, 0.25) is 5.02 Å². The number of aryl methyl sites for hydroxylation is 2. The van der Waals surface area contributed by atoms with Crippen molar-refractivity contribution >= 4 is 62.2 Å². The fourth-order valence-electron chi connectivity index (χ4n) is 4.40. The lowest BCUT2D eigenvalue weighted by Gasteiger charge is -2.12. The molecule has 0 saturated heterocycles. The van der Waals surface area contributed by atoms with Crippen LogP contribution in [0.5, 0.6) is 0 Å². The number of carbonyl (C=O) groups excluding carboxylic acids is 1. The highest BCUT2D eigenvalue weighted by molar-refractivity contribution is 7.99. The van der Waals surface area contributed by atoms with E-state index in [1.807, 2.05) is 59.0 Å². The van der Waals surface area contributed by atoms with Crippen LogP contribution in [0.3, 0.4) is 0 Å². The van der Waals surface area contributed by atoms with E-state index in [0.717, 1.165) is 40.0 Å². The Labute approximate surface area is 209 Å². The molecule has 3 aromatic heterocycles. The number of carbonyl (C=O) groups is 1. The van der Waals surface area contributed by atoms with Crippen LogP contribution < -0.4 is 5.32 Å². The van der Waals surface area contributed by atoms with E-state index in [0.29, 0.717) is 16.0 Å². The molecule has 170 valence electrons. The smallest absolute Gasteiger partial charge is 0.234 e. The van der Waals surface area contributed by atoms with E-state index in [4.69, 9.17) is 16.6 Å². The first kappa shape index (κ1) is 21.6. The first-order chi connectivity index (χ1) is 16.7. The number of halogens is 1. The van der Waals surface area contributed by atoms with Crippen molar-refractivity contribution in [2.75, 3.05) is 11.1 Å². The maximum atomic E-state index is 12.6. The first-order valence-electron chi connectivity index (χ1n) is 11.1. The number of thiophene rings is 1. The van der Waals surface area contributed by atoms with Crippen molar-refractivity contribution in [2.45, 2.75) is 30.8 Å². The molecule has 0 radical (unpaired) electrons. The summed E-state index contributed by atoms with van der Waals surface area (Å²) in [6, 6.07) is 17.1. The number of rotatable bonds is 5. The minimum absolute atomic E-state index is 0.103. The van der Waals surface area contributed by atoms with Crippen LogP contribution in [0.15, 0.2) is 59.8 Å². The summed E-state index contributed by atoms with van der Waals surface area (Å²) >= 11 is 9.68. The first-order valence-corrected chi connectivity index (χ1v) is 13.3. The van der Waals surface area contributed by atoms with Crippen molar-refractivity contribution in [3.8, 4) is 11.4 Å². The highest BCUT2D eigenvalue weighted by Crippen LogP contribution is 2.40. The van der Waals surface area contributed by atoms with E-state index in [-0.39, 0.29) is 11.7 Å². The monoisotopic (exact) mass is 505 g/mol. The Morgan fingerprint density at radius 1 is 1.06 bits per heavy atom. The van der Waals surface area contributed by atoms with Gasteiger partial charge in [-0.15, -0.1) is 21.5 Å². The van der Waals surface area contributed by atoms with Crippen LogP contribution in [-0.2, 0) is 17.6 Å². The Morgan fingerprint density at radius 2 is 1.85 bits per heavy atom. The Balaban J connectivity index is 1.45. The van der Waals surface area contributed by atoms with Crippen LogP contribution in [0, 0.1) is 0 Å². The maximum Gasteiger partial charge on any atom is 0.234 e. The summed E-state index contributed by atoms with van der Waals surface area (Å²) in [6.45, 7) is 0. The lowest BCUT2D eigenvalue weighted by molar-refractivity contribution is -0.113. The van der Waals surface area contributed by atoms with Gasteiger partial charge in [-0.2, -0.15) is 0 Å². The van der Waals surface area contributed by atoms with Crippen LogP contribution >= 0.6 is 34.7 Å². The number of amides is 1. The van der Waals surface area contributed by atoms with Crippen molar-refractivity contribution in [2.24, 2.45) is 0 Å². The molecule has 0 spiro atoms. The Morgan fingerprint density at radius 3 is 2.71 bits per heavy atom. The highest BCUT2D eigenvalue weighted by Gasteiger charge is 2.25. The molecule has 9 heteroatoms. The minimum Gasteiger partial charge on any atom is -0.325 e. The van der Waals surface area contributed by atoms with Crippen LogP contribution in [0.1, 0.15) is 23.3 Å². The van der Waals surface area contributed by atoms with Gasteiger partial charge in [0.15, 0.2) is 16.6 Å². The van der Waals surface area contributed by atoms with Gasteiger partial charge in [-0.25, -0.2) is 4.98 Å². The second-order valence-electron chi connectivity index (χ2n) is 8.15. The number of nitrogens with zero attached hydrogens (tertiary/aromatic N) is 4. The van der Waals surface area contributed by atoms with Gasteiger partial charge in [-0.3, -0.25) is 9.20 Å². The van der Waals surface area contributed by atoms with Crippen molar-refractivity contribution < 1.29 is 4.79 Å². The SMILES string of the molecule is O=C(CSc1nnc2c3c4c(sc3nc(-c3ccccc3Cl)n12)CCCC4)Nc1ccccc1. The predicted molar refractivity (Wildman–Crippen MR) is 139 cm³/mol. The lowest BCUT2D eigenvalue weighted by Crippen LogP contribution is -2.14. The Bertz CT molecular complexity index is 1530. The second kappa shape index (κ2) is 9.02. The van der Waals surface area contributed by atoms with E-state index < -0.39 is 0 Å². The number of hydrogen-bond acceptors (Lipinski definition) is 6. The zero-order valence-electron chi connectivity index (χ0n) is 18.1. The zero-order chi connectivity index (χ0) is 23.1. The molecule has 1 amide bonds. The molecule has 0 atom stereocenters. The van der Waals surface area contributed by atoms with Crippen molar-refractivity contribution in [3.63, 3.8) is 0 Å². The normalized spacial score (nSPS) is 13.3. The number of para-hydroxylation sites is 1. The van der Waals surface area contributed by atoms with Gasteiger partial charge in [0, 0.05) is 16.1 Å². The molecule has 0 fully saturated rings. The van der Waals surface area contributed by atoms with Crippen LogP contribution in [0.25, 0.3) is 27.3 Å². The van der Waals surface area contributed by atoms with Gasteiger partial charge in [0.25, 0.3) is 0 Å². The van der Waals surface area contributed by atoms with Crippen molar-refractivity contribution in [3.05, 3.63) is 70.1 Å². The van der Waals surface area contributed by atoms with Gasteiger partial charge in [0.2, 0.25) is 5.91 Å². The molecule has 6 rings (SSSR count). The van der Waals surface area contributed by atoms with E-state index >= 15 is 0 Å². The largest absolute Gasteiger partial charge is 0.325 e. The number of hydrogen-bond donors (Lipinski definition) is 1. The summed E-state index contributed by atoms with van der Waals surface area (Å²) in [4.78, 5) is 20.0. The van der Waals surface area contributed by atoms with Crippen molar-refractivity contribution in [1.29, 1.82) is 0 Å². The van der Waals surface area contributed by atoms with Gasteiger partial charge >= 0.3 is 0 Å². The maximum absolute atomic E-state index is 12.6. The molecule has 0 aliphatic heterocycles. The second-order valence-corrected chi connectivity index (χ2v) is 10.6. The third kappa shape index (κ3) is 3.85. The fourth-order valence-corrected chi connectivity index (χ4v) is 6.60. The molecule has 2 aromatic carbocycles. The lowest BCUT2D eigenvalue weighted by atomic mass is 9.97. The molecule has 0 unspecified atom stereocenters. The van der Waals surface area contributed by atoms with Gasteiger partial charge < -0.3 is 5.32 Å². The molecular formula is C25H20ClN5OS2. The Hall–Kier alpha value is -2.94. The average molecular weight is 506 g/mol. The molecular weight excluding hydrogens is 486 g/mol. The summed E-state index contributed by atoms with van der Waals surface area (Å²) in [5.74, 6) is 0.800. The summed E-state index contributed by atoms with van der Waals surface area (Å²) in [6.07, 6.45) is 4.50. The number of anilines is 1. The molecule has 5 aromatic rings. The molecule has 34 heavy (non-hydrogen) atoms. The standard InChI is InChI=1S/C25H20ClN5OS2/c26-18-12-6-4-10-16(18)22-28-24-21(17-11-5-7-13-19(17)34-24)23-29-30-25(31(22)23)33-14-20(32)27-15-8-2-1-3-9-15/h1-4,6,8-10,12H,5,7,11,13-14H2,(H,27,32). The summed E-state index contributed by atoms with van der Waals surface area (Å²) in [5, 5.41) is 14.3. The summed E-state index contributed by atoms with van der Waals surface area (Å²) in [5.41, 5.74) is 3.72. The molecule has 0 saturated carbocycles. The number of benzene rings is 2. The third-order valence-corrected chi connectivity index (χ3v) is 8.38. The van der Waals surface area contributed by atoms with E-state index in [2.05, 4.69) is 15.5 Å². The van der Waals surface area contributed by atoms with Crippen molar-refractivity contribution in [1.82, 2.24) is 19.6 Å².